The summed E-state index contributed by atoms with van der Waals surface area (Å²) in [5.74, 6) is -0.347. The summed E-state index contributed by atoms with van der Waals surface area (Å²) in [5, 5.41) is 1.12. The van der Waals surface area contributed by atoms with E-state index in [9.17, 15) is 9.18 Å². The molecule has 0 aliphatic heterocycles. The molecule has 0 aliphatic carbocycles. The molecule has 0 spiro atoms. The Bertz CT molecular complexity index is 809. The number of para-hydroxylation sites is 1. The molecule has 0 saturated heterocycles. The van der Waals surface area contributed by atoms with Crippen LogP contribution in [0.2, 0.25) is 0 Å². The van der Waals surface area contributed by atoms with Crippen LogP contribution in [0.4, 0.5) is 4.39 Å². The molecule has 3 rings (SSSR count). The summed E-state index contributed by atoms with van der Waals surface area (Å²) >= 11 is 0. The molecule has 112 valence electrons. The molecule has 0 radical (unpaired) electrons. The molecule has 4 heteroatoms. The van der Waals surface area contributed by atoms with Crippen LogP contribution in [-0.4, -0.2) is 22.8 Å². The largest absolute Gasteiger partial charge is 0.361 e. The van der Waals surface area contributed by atoms with E-state index in [1.54, 1.807) is 24.1 Å². The van der Waals surface area contributed by atoms with Gasteiger partial charge in [-0.25, -0.2) is 4.39 Å². The molecule has 0 bridgehead atoms. The maximum atomic E-state index is 13.2. The number of aromatic nitrogens is 1. The highest BCUT2D eigenvalue weighted by molar-refractivity contribution is 5.84. The number of likely N-dealkylation sites (N-methyl/N-ethyl adjacent to an activating group) is 1. The van der Waals surface area contributed by atoms with Crippen LogP contribution in [0.25, 0.3) is 10.9 Å². The molecule has 3 nitrogen and oxygen atoms in total. The zero-order valence-corrected chi connectivity index (χ0v) is 12.3. The fourth-order valence-electron chi connectivity index (χ4n) is 2.56. The molecule has 2 aromatic carbocycles. The Kier molecular flexibility index (Phi) is 3.92. The van der Waals surface area contributed by atoms with Crippen molar-refractivity contribution in [2.45, 2.75) is 13.0 Å². The van der Waals surface area contributed by atoms with Gasteiger partial charge >= 0.3 is 0 Å². The molecule has 0 saturated carbocycles. The number of aromatic amines is 1. The normalized spacial score (nSPS) is 10.8. The van der Waals surface area contributed by atoms with E-state index in [2.05, 4.69) is 4.98 Å². The van der Waals surface area contributed by atoms with Crippen molar-refractivity contribution in [2.24, 2.45) is 0 Å². The van der Waals surface area contributed by atoms with Crippen molar-refractivity contribution >= 4 is 16.8 Å². The van der Waals surface area contributed by atoms with Gasteiger partial charge in [0.15, 0.2) is 0 Å². The van der Waals surface area contributed by atoms with Crippen LogP contribution in [0.1, 0.15) is 11.1 Å². The number of hydrogen-bond donors (Lipinski definition) is 1. The second-order valence-corrected chi connectivity index (χ2v) is 5.42. The molecule has 0 fully saturated rings. The van der Waals surface area contributed by atoms with Crippen molar-refractivity contribution in [3.05, 3.63) is 71.7 Å². The maximum Gasteiger partial charge on any atom is 0.227 e. The van der Waals surface area contributed by atoms with Crippen molar-refractivity contribution in [1.82, 2.24) is 9.88 Å². The number of halogens is 1. The number of amides is 1. The third-order valence-corrected chi connectivity index (χ3v) is 3.75. The number of H-pyrrole nitrogens is 1. The highest BCUT2D eigenvalue weighted by Crippen LogP contribution is 2.19. The Morgan fingerprint density at radius 1 is 1.18 bits per heavy atom. The molecule has 0 atom stereocenters. The van der Waals surface area contributed by atoms with E-state index in [0.29, 0.717) is 12.1 Å². The summed E-state index contributed by atoms with van der Waals surface area (Å²) in [6.45, 7) is 0.526. The predicted molar refractivity (Wildman–Crippen MR) is 84.9 cm³/mol. The number of hydrogen-bond acceptors (Lipinski definition) is 1. The first-order chi connectivity index (χ1) is 10.6. The lowest BCUT2D eigenvalue weighted by Crippen LogP contribution is -2.27. The van der Waals surface area contributed by atoms with Crippen LogP contribution < -0.4 is 0 Å². The summed E-state index contributed by atoms with van der Waals surface area (Å²) in [4.78, 5) is 17.1. The van der Waals surface area contributed by atoms with Gasteiger partial charge in [0.1, 0.15) is 5.82 Å². The van der Waals surface area contributed by atoms with Gasteiger partial charge in [0.05, 0.1) is 6.42 Å². The van der Waals surface area contributed by atoms with E-state index in [-0.39, 0.29) is 18.1 Å². The van der Waals surface area contributed by atoms with Crippen LogP contribution in [0.5, 0.6) is 0 Å². The topological polar surface area (TPSA) is 36.1 Å². The van der Waals surface area contributed by atoms with Gasteiger partial charge in [0.25, 0.3) is 0 Å². The van der Waals surface area contributed by atoms with Crippen LogP contribution >= 0.6 is 0 Å². The lowest BCUT2D eigenvalue weighted by atomic mass is 10.1. The number of rotatable bonds is 4. The number of benzene rings is 2. The van der Waals surface area contributed by atoms with Crippen molar-refractivity contribution < 1.29 is 9.18 Å². The van der Waals surface area contributed by atoms with Crippen molar-refractivity contribution in [1.29, 1.82) is 0 Å². The van der Waals surface area contributed by atoms with E-state index >= 15 is 0 Å². The fraction of sp³-hybridized carbons (Fsp3) is 0.167. The first kappa shape index (κ1) is 14.3. The Labute approximate surface area is 128 Å². The summed E-state index contributed by atoms with van der Waals surface area (Å²) in [7, 11) is 1.77. The minimum atomic E-state index is -0.315. The molecule has 1 aromatic heterocycles. The van der Waals surface area contributed by atoms with E-state index in [1.165, 1.54) is 12.1 Å². The van der Waals surface area contributed by atoms with E-state index in [0.717, 1.165) is 16.5 Å². The second-order valence-electron chi connectivity index (χ2n) is 5.42. The number of nitrogens with one attached hydrogen (secondary N) is 1. The average Bonchev–Trinajstić information content (AvgIpc) is 2.90. The molecule has 3 aromatic rings. The Morgan fingerprint density at radius 3 is 2.82 bits per heavy atom. The van der Waals surface area contributed by atoms with Gasteiger partial charge in [0.2, 0.25) is 5.91 Å². The summed E-state index contributed by atoms with van der Waals surface area (Å²) < 4.78 is 13.2. The average molecular weight is 296 g/mol. The number of nitrogens with zero attached hydrogens (tertiary/aromatic N) is 1. The Morgan fingerprint density at radius 2 is 2.00 bits per heavy atom. The lowest BCUT2D eigenvalue weighted by Gasteiger charge is -2.17. The first-order valence-electron chi connectivity index (χ1n) is 7.17. The van der Waals surface area contributed by atoms with Gasteiger partial charge in [-0.3, -0.25) is 4.79 Å². The molecule has 0 aliphatic rings. The highest BCUT2D eigenvalue weighted by Gasteiger charge is 2.12. The monoisotopic (exact) mass is 296 g/mol. The van der Waals surface area contributed by atoms with Gasteiger partial charge in [-0.15, -0.1) is 0 Å². The van der Waals surface area contributed by atoms with Crippen LogP contribution in [0, 0.1) is 5.82 Å². The van der Waals surface area contributed by atoms with Crippen LogP contribution in [-0.2, 0) is 17.8 Å². The Hall–Kier alpha value is -2.62. The van der Waals surface area contributed by atoms with Gasteiger partial charge < -0.3 is 9.88 Å². The first-order valence-corrected chi connectivity index (χ1v) is 7.17. The minimum absolute atomic E-state index is 0.0316. The van der Waals surface area contributed by atoms with E-state index in [1.807, 2.05) is 30.5 Å². The van der Waals surface area contributed by atoms with Crippen LogP contribution in [0.3, 0.4) is 0 Å². The van der Waals surface area contributed by atoms with Gasteiger partial charge in [0, 0.05) is 30.7 Å². The van der Waals surface area contributed by atoms with E-state index < -0.39 is 0 Å². The molecular weight excluding hydrogens is 279 g/mol. The summed E-state index contributed by atoms with van der Waals surface area (Å²) in [5.41, 5.74) is 2.82. The minimum Gasteiger partial charge on any atom is -0.361 e. The molecule has 22 heavy (non-hydrogen) atoms. The van der Waals surface area contributed by atoms with Crippen molar-refractivity contribution in [3.8, 4) is 0 Å². The molecule has 0 unspecified atom stereocenters. The standard InChI is InChI=1S/C18H17FN2O/c1-21(18(22)10-13-5-4-6-15(19)9-13)12-14-11-20-17-8-3-2-7-16(14)17/h2-9,11,20H,10,12H2,1H3. The zero-order chi connectivity index (χ0) is 15.5. The van der Waals surface area contributed by atoms with Gasteiger partial charge in [-0.2, -0.15) is 0 Å². The molecule has 1 N–H and O–H groups in total. The third-order valence-electron chi connectivity index (χ3n) is 3.75. The highest BCUT2D eigenvalue weighted by atomic mass is 19.1. The number of carbonyl (C=O) groups is 1. The van der Waals surface area contributed by atoms with Gasteiger partial charge in [-0.1, -0.05) is 30.3 Å². The Balaban J connectivity index is 1.71. The van der Waals surface area contributed by atoms with E-state index in [4.69, 9.17) is 0 Å². The van der Waals surface area contributed by atoms with Crippen molar-refractivity contribution in [2.75, 3.05) is 7.05 Å². The number of carbonyl (C=O) groups excluding carboxylic acids is 1. The predicted octanol–water partition coefficient (Wildman–Crippen LogP) is 3.51. The summed E-state index contributed by atoms with van der Waals surface area (Å²) in [6, 6.07) is 14.2. The van der Waals surface area contributed by atoms with Gasteiger partial charge in [-0.05, 0) is 29.3 Å². The maximum absolute atomic E-state index is 13.2. The number of fused-ring (bicyclic) bond motifs is 1. The van der Waals surface area contributed by atoms with Crippen molar-refractivity contribution in [3.63, 3.8) is 0 Å². The third kappa shape index (κ3) is 3.01. The SMILES string of the molecule is CN(Cc1c[nH]c2ccccc12)C(=O)Cc1cccc(F)c1. The molecular formula is C18H17FN2O. The lowest BCUT2D eigenvalue weighted by molar-refractivity contribution is -0.129. The quantitative estimate of drug-likeness (QED) is 0.786. The second kappa shape index (κ2) is 6.02. The molecule has 1 amide bonds. The fourth-order valence-corrected chi connectivity index (χ4v) is 2.56. The van der Waals surface area contributed by atoms with Crippen LogP contribution in [0.15, 0.2) is 54.7 Å². The smallest absolute Gasteiger partial charge is 0.227 e. The zero-order valence-electron chi connectivity index (χ0n) is 12.3. The molecule has 1 heterocycles. The summed E-state index contributed by atoms with van der Waals surface area (Å²) in [6.07, 6.45) is 2.13.